The van der Waals surface area contributed by atoms with Gasteiger partial charge in [0.25, 0.3) is 0 Å². The third-order valence-corrected chi connectivity index (χ3v) is 4.11. The van der Waals surface area contributed by atoms with Crippen LogP contribution in [0.25, 0.3) is 0 Å². The molecule has 0 atom stereocenters. The van der Waals surface area contributed by atoms with Crippen molar-refractivity contribution >= 4 is 17.9 Å². The van der Waals surface area contributed by atoms with E-state index in [9.17, 15) is 9.59 Å². The summed E-state index contributed by atoms with van der Waals surface area (Å²) in [6.07, 6.45) is 0.690. The lowest BCUT2D eigenvalue weighted by Gasteiger charge is -2.39. The van der Waals surface area contributed by atoms with Gasteiger partial charge in [0.05, 0.1) is 0 Å². The molecule has 0 aliphatic carbocycles. The minimum Gasteiger partial charge on any atom is -0.444 e. The van der Waals surface area contributed by atoms with Crippen LogP contribution in [0.1, 0.15) is 54.4 Å². The molecule has 0 N–H and O–H groups in total. The summed E-state index contributed by atoms with van der Waals surface area (Å²) in [5.41, 5.74) is -0.274. The lowest BCUT2D eigenvalue weighted by Crippen LogP contribution is -2.51. The van der Waals surface area contributed by atoms with E-state index in [0.717, 1.165) is 5.69 Å². The topological polar surface area (TPSA) is 59.1 Å². The molecule has 6 nitrogen and oxygen atoms in total. The van der Waals surface area contributed by atoms with Crippen molar-refractivity contribution in [2.24, 2.45) is 0 Å². The first-order valence-electron chi connectivity index (χ1n) is 9.51. The van der Waals surface area contributed by atoms with Crippen LogP contribution in [0.5, 0.6) is 0 Å². The highest BCUT2D eigenvalue weighted by molar-refractivity contribution is 5.88. The number of benzene rings is 1. The number of rotatable bonds is 2. The molecule has 1 aromatic rings. The van der Waals surface area contributed by atoms with Crippen LogP contribution in [0.4, 0.5) is 15.3 Å². The highest BCUT2D eigenvalue weighted by Crippen LogP contribution is 2.26. The number of ether oxygens (including phenoxy) is 2. The molecule has 0 saturated carbocycles. The molecule has 0 bridgehead atoms. The normalized spacial score (nSPS) is 16.0. The van der Waals surface area contributed by atoms with E-state index < -0.39 is 11.2 Å². The highest BCUT2D eigenvalue weighted by atomic mass is 16.6. The monoisotopic (exact) mass is 376 g/mol. The zero-order valence-electron chi connectivity index (χ0n) is 17.3. The first-order valence-corrected chi connectivity index (χ1v) is 9.51. The van der Waals surface area contributed by atoms with Crippen molar-refractivity contribution in [1.29, 1.82) is 0 Å². The van der Waals surface area contributed by atoms with E-state index in [4.69, 9.17) is 9.47 Å². The summed E-state index contributed by atoms with van der Waals surface area (Å²) in [7, 11) is 0. The number of piperidine rings is 1. The van der Waals surface area contributed by atoms with Crippen molar-refractivity contribution in [1.82, 2.24) is 4.90 Å². The van der Waals surface area contributed by atoms with Crippen molar-refractivity contribution in [3.05, 3.63) is 30.3 Å². The van der Waals surface area contributed by atoms with Gasteiger partial charge in [-0.3, -0.25) is 4.90 Å². The molecule has 150 valence electrons. The summed E-state index contributed by atoms with van der Waals surface area (Å²) in [6, 6.07) is 9.52. The molecule has 1 aliphatic rings. The fraction of sp³-hybridized carbons (Fsp3) is 0.619. The number of hydrogen-bond donors (Lipinski definition) is 0. The fourth-order valence-corrected chi connectivity index (χ4v) is 3.00. The Kier molecular flexibility index (Phi) is 6.39. The van der Waals surface area contributed by atoms with Crippen molar-refractivity contribution in [2.45, 2.75) is 71.6 Å². The van der Waals surface area contributed by atoms with Crippen LogP contribution >= 0.6 is 0 Å². The van der Waals surface area contributed by atoms with Gasteiger partial charge in [0.2, 0.25) is 0 Å². The smallest absolute Gasteiger partial charge is 0.415 e. The number of likely N-dealkylation sites (tertiary alicyclic amines) is 1. The molecular weight excluding hydrogens is 344 g/mol. The fourth-order valence-electron chi connectivity index (χ4n) is 3.00. The van der Waals surface area contributed by atoms with Crippen molar-refractivity contribution < 1.29 is 19.1 Å². The molecule has 6 heteroatoms. The number of anilines is 1. The average molecular weight is 376 g/mol. The maximum Gasteiger partial charge on any atom is 0.415 e. The Balaban J connectivity index is 2.10. The summed E-state index contributed by atoms with van der Waals surface area (Å²) < 4.78 is 11.1. The SMILES string of the molecule is CC(C)(C)OC(=O)N1CCC(N(C(=O)OC(C)(C)C)c2ccccc2)CC1. The van der Waals surface area contributed by atoms with Gasteiger partial charge in [-0.15, -0.1) is 0 Å². The molecule has 1 fully saturated rings. The number of hydrogen-bond acceptors (Lipinski definition) is 4. The number of nitrogens with zero attached hydrogens (tertiary/aromatic N) is 2. The second-order valence-corrected chi connectivity index (χ2v) is 8.88. The minimum atomic E-state index is -0.568. The van der Waals surface area contributed by atoms with E-state index in [1.54, 1.807) is 9.80 Å². The zero-order chi connectivity index (χ0) is 20.2. The van der Waals surface area contributed by atoms with Gasteiger partial charge in [0.15, 0.2) is 0 Å². The van der Waals surface area contributed by atoms with E-state index >= 15 is 0 Å². The van der Waals surface area contributed by atoms with Crippen LogP contribution in [-0.2, 0) is 9.47 Å². The summed E-state index contributed by atoms with van der Waals surface area (Å²) in [4.78, 5) is 28.6. The highest BCUT2D eigenvalue weighted by Gasteiger charge is 2.34. The van der Waals surface area contributed by atoms with Gasteiger partial charge in [0.1, 0.15) is 11.2 Å². The van der Waals surface area contributed by atoms with Crippen LogP contribution in [0.2, 0.25) is 0 Å². The third kappa shape index (κ3) is 6.45. The summed E-state index contributed by atoms with van der Waals surface area (Å²) in [6.45, 7) is 12.3. The summed E-state index contributed by atoms with van der Waals surface area (Å²) >= 11 is 0. The van der Waals surface area contributed by atoms with Crippen LogP contribution < -0.4 is 4.90 Å². The molecule has 1 saturated heterocycles. The second kappa shape index (κ2) is 8.19. The van der Waals surface area contributed by atoms with Crippen molar-refractivity contribution in [3.63, 3.8) is 0 Å². The van der Waals surface area contributed by atoms with Gasteiger partial charge in [-0.1, -0.05) is 18.2 Å². The van der Waals surface area contributed by atoms with Gasteiger partial charge < -0.3 is 14.4 Å². The van der Waals surface area contributed by atoms with E-state index in [2.05, 4.69) is 0 Å². The first-order chi connectivity index (χ1) is 12.5. The van der Waals surface area contributed by atoms with E-state index in [-0.39, 0.29) is 18.2 Å². The lowest BCUT2D eigenvalue weighted by atomic mass is 10.0. The van der Waals surface area contributed by atoms with Crippen molar-refractivity contribution in [2.75, 3.05) is 18.0 Å². The Morgan fingerprint density at radius 3 is 1.93 bits per heavy atom. The van der Waals surface area contributed by atoms with E-state index in [0.29, 0.717) is 25.9 Å². The number of para-hydroxylation sites is 1. The average Bonchev–Trinajstić information content (AvgIpc) is 2.53. The maximum atomic E-state index is 12.9. The Hall–Kier alpha value is -2.24. The number of carbonyl (C=O) groups is 2. The quantitative estimate of drug-likeness (QED) is 0.742. The van der Waals surface area contributed by atoms with Crippen LogP contribution in [0.15, 0.2) is 30.3 Å². The maximum absolute atomic E-state index is 12.9. The largest absolute Gasteiger partial charge is 0.444 e. The van der Waals surface area contributed by atoms with Gasteiger partial charge in [-0.2, -0.15) is 0 Å². The molecule has 0 spiro atoms. The molecule has 1 aromatic carbocycles. The second-order valence-electron chi connectivity index (χ2n) is 8.88. The molecule has 27 heavy (non-hydrogen) atoms. The minimum absolute atomic E-state index is 0.0269. The molecule has 2 rings (SSSR count). The van der Waals surface area contributed by atoms with Crippen molar-refractivity contribution in [3.8, 4) is 0 Å². The standard InChI is InChI=1S/C21H32N2O4/c1-20(2,3)26-18(24)22-14-12-17(13-15-22)23(16-10-8-7-9-11-16)19(25)27-21(4,5)6/h7-11,17H,12-15H2,1-6H3. The molecule has 0 radical (unpaired) electrons. The van der Waals surface area contributed by atoms with Crippen LogP contribution in [0.3, 0.4) is 0 Å². The van der Waals surface area contributed by atoms with E-state index in [1.807, 2.05) is 71.9 Å². The summed E-state index contributed by atoms with van der Waals surface area (Å²) in [5, 5.41) is 0. The predicted octanol–water partition coefficient (Wildman–Crippen LogP) is 4.83. The molecule has 1 aliphatic heterocycles. The molecule has 1 heterocycles. The van der Waals surface area contributed by atoms with Gasteiger partial charge in [-0.25, -0.2) is 9.59 Å². The number of carbonyl (C=O) groups excluding carboxylic acids is 2. The molecule has 0 aromatic heterocycles. The Labute approximate surface area is 162 Å². The lowest BCUT2D eigenvalue weighted by molar-refractivity contribution is 0.0200. The molecule has 2 amide bonds. The van der Waals surface area contributed by atoms with E-state index in [1.165, 1.54) is 0 Å². The van der Waals surface area contributed by atoms with Gasteiger partial charge in [-0.05, 0) is 66.5 Å². The number of amides is 2. The Morgan fingerprint density at radius 1 is 0.926 bits per heavy atom. The molecule has 0 unspecified atom stereocenters. The Morgan fingerprint density at radius 2 is 1.44 bits per heavy atom. The van der Waals surface area contributed by atoms with Crippen LogP contribution in [0, 0.1) is 0 Å². The van der Waals surface area contributed by atoms with Gasteiger partial charge >= 0.3 is 12.2 Å². The van der Waals surface area contributed by atoms with Gasteiger partial charge in [0, 0.05) is 24.8 Å². The third-order valence-electron chi connectivity index (χ3n) is 4.11. The predicted molar refractivity (Wildman–Crippen MR) is 106 cm³/mol. The van der Waals surface area contributed by atoms with Crippen LogP contribution in [-0.4, -0.2) is 47.4 Å². The zero-order valence-corrected chi connectivity index (χ0v) is 17.3. The molecular formula is C21H32N2O4. The first kappa shape index (κ1) is 21.1. The Bertz CT molecular complexity index is 638. The summed E-state index contributed by atoms with van der Waals surface area (Å²) in [5.74, 6) is 0.